The third-order valence-electron chi connectivity index (χ3n) is 5.62. The van der Waals surface area contributed by atoms with Crippen LogP contribution in [0.15, 0.2) is 66.9 Å². The van der Waals surface area contributed by atoms with Gasteiger partial charge in [-0.2, -0.15) is 0 Å². The third-order valence-corrected chi connectivity index (χ3v) is 5.62. The summed E-state index contributed by atoms with van der Waals surface area (Å²) < 4.78 is 2.07. The SMILES string of the molecule is Cl.NC1(c2ccc(-c3nnc4n3-c3cccnc3Nc3ccccc3-4)cc2)CC1. The first-order valence-corrected chi connectivity index (χ1v) is 9.40. The number of pyridine rings is 1. The molecule has 0 radical (unpaired) electrons. The van der Waals surface area contributed by atoms with E-state index in [1.165, 1.54) is 5.56 Å². The molecule has 3 N–H and O–H groups in total. The summed E-state index contributed by atoms with van der Waals surface area (Å²) >= 11 is 0. The first-order chi connectivity index (χ1) is 13.7. The lowest BCUT2D eigenvalue weighted by molar-refractivity contribution is 0.740. The molecular formula is C22H19ClN6. The first-order valence-electron chi connectivity index (χ1n) is 9.40. The molecule has 29 heavy (non-hydrogen) atoms. The second-order valence-electron chi connectivity index (χ2n) is 7.46. The maximum atomic E-state index is 6.33. The van der Waals surface area contributed by atoms with Crippen LogP contribution in [0.1, 0.15) is 18.4 Å². The topological polar surface area (TPSA) is 81.7 Å². The quantitative estimate of drug-likeness (QED) is 0.456. The highest BCUT2D eigenvalue weighted by Gasteiger charge is 2.39. The number of hydrogen-bond donors (Lipinski definition) is 2. The minimum absolute atomic E-state index is 0. The summed E-state index contributed by atoms with van der Waals surface area (Å²) in [6, 6.07) is 20.4. The van der Waals surface area contributed by atoms with Gasteiger partial charge in [0.15, 0.2) is 17.5 Å². The molecule has 6 nitrogen and oxygen atoms in total. The number of aromatic nitrogens is 4. The smallest absolute Gasteiger partial charge is 0.171 e. The summed E-state index contributed by atoms with van der Waals surface area (Å²) in [5.41, 5.74) is 11.3. The Hall–Kier alpha value is -3.22. The lowest BCUT2D eigenvalue weighted by Gasteiger charge is -2.12. The van der Waals surface area contributed by atoms with E-state index in [1.54, 1.807) is 6.20 Å². The second-order valence-corrected chi connectivity index (χ2v) is 7.46. The van der Waals surface area contributed by atoms with Crippen molar-refractivity contribution >= 4 is 23.9 Å². The Labute approximate surface area is 174 Å². The van der Waals surface area contributed by atoms with Gasteiger partial charge in [-0.3, -0.25) is 4.57 Å². The summed E-state index contributed by atoms with van der Waals surface area (Å²) in [6.45, 7) is 0. The molecule has 1 aliphatic heterocycles. The van der Waals surface area contributed by atoms with Gasteiger partial charge in [-0.25, -0.2) is 4.98 Å². The van der Waals surface area contributed by atoms with Gasteiger partial charge in [-0.1, -0.05) is 36.4 Å². The number of nitrogens with one attached hydrogen (secondary N) is 1. The highest BCUT2D eigenvalue weighted by Crippen LogP contribution is 2.43. The van der Waals surface area contributed by atoms with E-state index < -0.39 is 0 Å². The Bertz CT molecular complexity index is 1210. The molecule has 1 saturated carbocycles. The molecule has 0 amide bonds. The van der Waals surface area contributed by atoms with Gasteiger partial charge in [0.25, 0.3) is 0 Å². The van der Waals surface area contributed by atoms with Crippen molar-refractivity contribution in [2.24, 2.45) is 5.73 Å². The Kier molecular flexibility index (Phi) is 3.94. The van der Waals surface area contributed by atoms with Crippen LogP contribution < -0.4 is 11.1 Å². The van der Waals surface area contributed by atoms with Gasteiger partial charge in [0.05, 0.1) is 11.4 Å². The van der Waals surface area contributed by atoms with E-state index in [4.69, 9.17) is 5.73 Å². The van der Waals surface area contributed by atoms with E-state index >= 15 is 0 Å². The van der Waals surface area contributed by atoms with Crippen LogP contribution in [0.5, 0.6) is 0 Å². The predicted molar refractivity (Wildman–Crippen MR) is 116 cm³/mol. The van der Waals surface area contributed by atoms with Crippen LogP contribution in [0.4, 0.5) is 11.5 Å². The van der Waals surface area contributed by atoms with Crippen LogP contribution in [0.3, 0.4) is 0 Å². The molecule has 2 aliphatic rings. The molecule has 0 atom stereocenters. The van der Waals surface area contributed by atoms with Crippen molar-refractivity contribution in [2.45, 2.75) is 18.4 Å². The van der Waals surface area contributed by atoms with E-state index in [0.29, 0.717) is 0 Å². The predicted octanol–water partition coefficient (Wildman–Crippen LogP) is 4.42. The molecule has 0 spiro atoms. The molecule has 6 rings (SSSR count). The normalized spacial score (nSPS) is 15.1. The molecule has 144 valence electrons. The van der Waals surface area contributed by atoms with Crippen molar-refractivity contribution in [3.05, 3.63) is 72.4 Å². The summed E-state index contributed by atoms with van der Waals surface area (Å²) in [7, 11) is 0. The second kappa shape index (κ2) is 6.40. The van der Waals surface area contributed by atoms with Crippen molar-refractivity contribution < 1.29 is 0 Å². The molecule has 4 aromatic rings. The lowest BCUT2D eigenvalue weighted by atomic mass is 10.0. The summed E-state index contributed by atoms with van der Waals surface area (Å²) in [6.07, 6.45) is 3.89. The van der Waals surface area contributed by atoms with Gasteiger partial charge in [0.1, 0.15) is 0 Å². The van der Waals surface area contributed by atoms with Gasteiger partial charge in [-0.15, -0.1) is 22.6 Å². The average molecular weight is 403 g/mol. The van der Waals surface area contributed by atoms with Crippen molar-refractivity contribution in [2.75, 3.05) is 5.32 Å². The number of benzene rings is 2. The number of para-hydroxylation sites is 1. The molecule has 0 saturated heterocycles. The van der Waals surface area contributed by atoms with Crippen LogP contribution >= 0.6 is 12.4 Å². The summed E-state index contributed by atoms with van der Waals surface area (Å²) in [5.74, 6) is 2.37. The maximum Gasteiger partial charge on any atom is 0.171 e. The van der Waals surface area contributed by atoms with Gasteiger partial charge >= 0.3 is 0 Å². The molecule has 7 heteroatoms. The Balaban J connectivity index is 0.00000181. The van der Waals surface area contributed by atoms with Crippen LogP contribution in [0, 0.1) is 0 Å². The van der Waals surface area contributed by atoms with Crippen molar-refractivity contribution in [1.82, 2.24) is 19.7 Å². The monoisotopic (exact) mass is 402 g/mol. The summed E-state index contributed by atoms with van der Waals surface area (Å²) in [4.78, 5) is 4.54. The van der Waals surface area contributed by atoms with Crippen LogP contribution in [-0.4, -0.2) is 19.7 Å². The minimum Gasteiger partial charge on any atom is -0.338 e. The Morgan fingerprint density at radius 3 is 2.45 bits per heavy atom. The van der Waals surface area contributed by atoms with Crippen LogP contribution in [-0.2, 0) is 5.54 Å². The molecular weight excluding hydrogens is 384 g/mol. The number of nitrogens with two attached hydrogens (primary N) is 1. The van der Waals surface area contributed by atoms with E-state index in [0.717, 1.165) is 52.8 Å². The number of anilines is 2. The molecule has 0 unspecified atom stereocenters. The average Bonchev–Trinajstić information content (AvgIpc) is 3.37. The maximum absolute atomic E-state index is 6.33. The zero-order valence-electron chi connectivity index (χ0n) is 15.5. The van der Waals surface area contributed by atoms with E-state index in [2.05, 4.69) is 49.3 Å². The van der Waals surface area contributed by atoms with E-state index in [9.17, 15) is 0 Å². The fourth-order valence-electron chi connectivity index (χ4n) is 3.84. The zero-order chi connectivity index (χ0) is 18.7. The molecule has 0 bridgehead atoms. The van der Waals surface area contributed by atoms with Crippen LogP contribution in [0.25, 0.3) is 28.5 Å². The van der Waals surface area contributed by atoms with Gasteiger partial charge < -0.3 is 11.1 Å². The van der Waals surface area contributed by atoms with Gasteiger partial charge in [0, 0.05) is 22.9 Å². The largest absolute Gasteiger partial charge is 0.338 e. The molecule has 1 fully saturated rings. The highest BCUT2D eigenvalue weighted by molar-refractivity contribution is 5.85. The number of nitrogens with zero attached hydrogens (tertiary/aromatic N) is 4. The van der Waals surface area contributed by atoms with E-state index in [-0.39, 0.29) is 17.9 Å². The van der Waals surface area contributed by atoms with Crippen molar-refractivity contribution in [3.63, 3.8) is 0 Å². The molecule has 2 aromatic heterocycles. The number of halogens is 1. The number of hydrogen-bond acceptors (Lipinski definition) is 5. The molecule has 2 aromatic carbocycles. The highest BCUT2D eigenvalue weighted by atomic mass is 35.5. The Morgan fingerprint density at radius 1 is 0.897 bits per heavy atom. The van der Waals surface area contributed by atoms with Gasteiger partial charge in [0.2, 0.25) is 0 Å². The fourth-order valence-corrected chi connectivity index (χ4v) is 3.84. The Morgan fingerprint density at radius 2 is 1.66 bits per heavy atom. The first kappa shape index (κ1) is 17.8. The molecule has 1 aliphatic carbocycles. The van der Waals surface area contributed by atoms with E-state index in [1.807, 2.05) is 36.4 Å². The lowest BCUT2D eigenvalue weighted by Crippen LogP contribution is -2.18. The molecule has 3 heterocycles. The zero-order valence-corrected chi connectivity index (χ0v) is 16.4. The number of fused-ring (bicyclic) bond motifs is 5. The summed E-state index contributed by atoms with van der Waals surface area (Å²) in [5, 5.41) is 12.5. The fraction of sp³-hybridized carbons (Fsp3) is 0.136. The van der Waals surface area contributed by atoms with Gasteiger partial charge in [-0.05, 0) is 42.7 Å². The number of rotatable bonds is 2. The third kappa shape index (κ3) is 2.72. The van der Waals surface area contributed by atoms with Crippen molar-refractivity contribution in [3.8, 4) is 28.5 Å². The van der Waals surface area contributed by atoms with Crippen molar-refractivity contribution in [1.29, 1.82) is 0 Å². The standard InChI is InChI=1S/C22H18N6.ClH/c23-22(11-12-22)15-9-7-14(8-10-15)20-26-27-21-16-4-1-2-5-17(16)25-19-18(28(20)21)6-3-13-24-19;/h1-10,13H,11-12,23H2,(H,24,25);1H. The minimum atomic E-state index is -0.139. The van der Waals surface area contributed by atoms with Crippen LogP contribution in [0.2, 0.25) is 0 Å².